The number of nitrogens with one attached hydrogen (secondary N) is 2. The monoisotopic (exact) mass is 643 g/mol. The van der Waals surface area contributed by atoms with Crippen LogP contribution in [0.1, 0.15) is 16.1 Å². The van der Waals surface area contributed by atoms with E-state index in [1.165, 1.54) is 12.3 Å². The topological polar surface area (TPSA) is 154 Å². The van der Waals surface area contributed by atoms with Crippen molar-refractivity contribution in [2.24, 2.45) is 5.73 Å². The molecule has 0 bridgehead atoms. The number of pyridine rings is 2. The van der Waals surface area contributed by atoms with Crippen LogP contribution in [-0.2, 0) is 14.4 Å². The summed E-state index contributed by atoms with van der Waals surface area (Å²) in [7, 11) is 3.53. The third kappa shape index (κ3) is 9.93. The summed E-state index contributed by atoms with van der Waals surface area (Å²) in [5.41, 5.74) is 10.0. The number of rotatable bonds is 9. The number of carbonyl (C=O) groups is 2. The highest BCUT2D eigenvalue weighted by molar-refractivity contribution is 5.91. The molecule has 0 radical (unpaired) electrons. The van der Waals surface area contributed by atoms with E-state index in [2.05, 4.69) is 33.4 Å². The number of methoxy groups -OCH3 is 1. The van der Waals surface area contributed by atoms with Gasteiger partial charge in [-0.3, -0.25) is 14.4 Å². The van der Waals surface area contributed by atoms with Crippen LogP contribution >= 0.6 is 0 Å². The van der Waals surface area contributed by atoms with Crippen LogP contribution in [-0.4, -0.2) is 88.0 Å². The van der Waals surface area contributed by atoms with Crippen molar-refractivity contribution < 1.29 is 23.6 Å². The van der Waals surface area contributed by atoms with E-state index in [1.807, 2.05) is 67.3 Å². The largest absolute Gasteiger partial charge is 0.383 e. The number of fused-ring (bicyclic) bond motifs is 1. The van der Waals surface area contributed by atoms with Crippen molar-refractivity contribution in [3.05, 3.63) is 96.5 Å². The van der Waals surface area contributed by atoms with Gasteiger partial charge in [-0.2, -0.15) is 14.6 Å². The maximum Gasteiger partial charge on any atom is 0.268 e. The Morgan fingerprint density at radius 3 is 2.49 bits per heavy atom. The van der Waals surface area contributed by atoms with Gasteiger partial charge in [0.2, 0.25) is 12.4 Å². The third-order valence-electron chi connectivity index (χ3n) is 6.70. The van der Waals surface area contributed by atoms with Gasteiger partial charge in [-0.25, -0.2) is 14.6 Å². The second kappa shape index (κ2) is 18.4. The van der Waals surface area contributed by atoms with E-state index < -0.39 is 11.9 Å². The summed E-state index contributed by atoms with van der Waals surface area (Å²) in [6.45, 7) is 4.71. The number of amides is 2. The van der Waals surface area contributed by atoms with Crippen LogP contribution in [0.4, 0.5) is 10.2 Å². The average Bonchev–Trinajstić information content (AvgIpc) is 3.83. The fraction of sp³-hybridized carbons (Fsp3) is 0.242. The van der Waals surface area contributed by atoms with Gasteiger partial charge in [0.15, 0.2) is 0 Å². The molecular formula is C33H38FN9O4. The minimum atomic E-state index is -0.544. The first-order valence-electron chi connectivity index (χ1n) is 14.4. The lowest BCUT2D eigenvalue weighted by Gasteiger charge is -2.12. The Balaban J connectivity index is 0.000000235. The first-order chi connectivity index (χ1) is 22.8. The molecule has 5 heterocycles. The molecule has 5 aromatic rings. The molecular weight excluding hydrogens is 605 g/mol. The molecule has 246 valence electrons. The molecule has 1 saturated heterocycles. The molecule has 4 N–H and O–H groups in total. The molecule has 6 rings (SSSR count). The molecule has 1 fully saturated rings. The first kappa shape index (κ1) is 35.9. The van der Waals surface area contributed by atoms with Gasteiger partial charge in [-0.15, -0.1) is 12.8 Å². The van der Waals surface area contributed by atoms with Gasteiger partial charge in [0, 0.05) is 57.0 Å². The van der Waals surface area contributed by atoms with Crippen LogP contribution in [0.5, 0.6) is 0 Å². The standard InChI is InChI=1S/C19H18N6O.C7H14N2O3.C5H4FN.C2H2/c1-12-17(23-25(19(12)21-2)14-6-4-3-5-7-14)13-8-9-16-22-15(18(20)26)11-24(16)10-13;1-11-3-2-9-4-7(5-12-9)8-6-10;6-5-3-1-2-4-7-5;1-2/h3-11,21H,1-2H3,(H2,20,26);6-7H,2-5H2,1H3,(H,8,10);1-4H;1-2H/t;7-;;/m.1../s1. The Bertz CT molecular complexity index is 1730. The summed E-state index contributed by atoms with van der Waals surface area (Å²) in [5.74, 6) is -0.0468. The minimum Gasteiger partial charge on any atom is -0.383 e. The number of hydrogen-bond acceptors (Lipinski definition) is 9. The number of nitrogens with zero attached hydrogens (tertiary/aromatic N) is 6. The summed E-state index contributed by atoms with van der Waals surface area (Å²) in [6.07, 6.45) is 13.6. The van der Waals surface area contributed by atoms with Crippen LogP contribution < -0.4 is 16.4 Å². The van der Waals surface area contributed by atoms with E-state index >= 15 is 0 Å². The van der Waals surface area contributed by atoms with Gasteiger partial charge in [0.1, 0.15) is 17.2 Å². The lowest BCUT2D eigenvalue weighted by Crippen LogP contribution is -2.33. The number of halogens is 1. The Labute approximate surface area is 272 Å². The van der Waals surface area contributed by atoms with Crippen molar-refractivity contribution in [1.82, 2.24) is 34.5 Å². The molecule has 0 unspecified atom stereocenters. The Morgan fingerprint density at radius 1 is 1.15 bits per heavy atom. The zero-order chi connectivity index (χ0) is 34.2. The highest BCUT2D eigenvalue weighted by Gasteiger charge is 2.22. The van der Waals surface area contributed by atoms with Gasteiger partial charge >= 0.3 is 0 Å². The highest BCUT2D eigenvalue weighted by Crippen LogP contribution is 2.30. The Hall–Kier alpha value is -5.62. The van der Waals surface area contributed by atoms with E-state index in [-0.39, 0.29) is 11.7 Å². The number of para-hydroxylation sites is 1. The number of anilines is 1. The summed E-state index contributed by atoms with van der Waals surface area (Å²) < 4.78 is 20.4. The van der Waals surface area contributed by atoms with Gasteiger partial charge < -0.3 is 25.5 Å². The van der Waals surface area contributed by atoms with E-state index in [0.717, 1.165) is 41.4 Å². The van der Waals surface area contributed by atoms with Crippen molar-refractivity contribution in [1.29, 1.82) is 0 Å². The van der Waals surface area contributed by atoms with Gasteiger partial charge in [-0.1, -0.05) is 24.3 Å². The molecule has 2 amide bonds. The van der Waals surface area contributed by atoms with Crippen LogP contribution in [0.3, 0.4) is 0 Å². The fourth-order valence-corrected chi connectivity index (χ4v) is 4.50. The molecule has 1 aromatic carbocycles. The number of primary amides is 1. The number of aromatic nitrogens is 5. The molecule has 0 spiro atoms. The zero-order valence-corrected chi connectivity index (χ0v) is 26.4. The highest BCUT2D eigenvalue weighted by atomic mass is 19.1. The summed E-state index contributed by atoms with van der Waals surface area (Å²) >= 11 is 0. The summed E-state index contributed by atoms with van der Waals surface area (Å²) in [4.78, 5) is 34.2. The van der Waals surface area contributed by atoms with Crippen LogP contribution in [0.15, 0.2) is 79.3 Å². The van der Waals surface area contributed by atoms with E-state index in [9.17, 15) is 14.0 Å². The SMILES string of the molecule is C#C.CNc1c(C)c(-c2ccc3nc(C(N)=O)cn3c2)nn1-c1ccccc1.COCCN1C[C@@H](NC=O)CO1.Fc1ccccn1. The maximum atomic E-state index is 11.8. The summed E-state index contributed by atoms with van der Waals surface area (Å²) in [5, 5.41) is 12.5. The molecule has 1 atom stereocenters. The van der Waals surface area contributed by atoms with E-state index in [1.54, 1.807) is 34.9 Å². The first-order valence-corrected chi connectivity index (χ1v) is 14.4. The van der Waals surface area contributed by atoms with Crippen molar-refractivity contribution >= 4 is 23.8 Å². The normalized spacial score (nSPS) is 13.6. The van der Waals surface area contributed by atoms with Crippen LogP contribution in [0.25, 0.3) is 22.6 Å². The van der Waals surface area contributed by atoms with Crippen LogP contribution in [0.2, 0.25) is 0 Å². The maximum absolute atomic E-state index is 11.8. The smallest absolute Gasteiger partial charge is 0.268 e. The van der Waals surface area contributed by atoms with Gasteiger partial charge in [0.05, 0.1) is 30.6 Å². The van der Waals surface area contributed by atoms with Crippen molar-refractivity contribution in [3.8, 4) is 29.8 Å². The third-order valence-corrected chi connectivity index (χ3v) is 6.70. The van der Waals surface area contributed by atoms with Gasteiger partial charge in [-0.05, 0) is 43.3 Å². The number of hydroxylamine groups is 2. The lowest BCUT2D eigenvalue weighted by atomic mass is 10.1. The lowest BCUT2D eigenvalue weighted by molar-refractivity contribution is -0.118. The molecule has 1 aliphatic heterocycles. The minimum absolute atomic E-state index is 0.124. The number of carbonyl (C=O) groups excluding carboxylic acids is 2. The molecule has 4 aromatic heterocycles. The molecule has 1 aliphatic rings. The molecule has 13 nitrogen and oxygen atoms in total. The molecule has 14 heteroatoms. The number of nitrogens with two attached hydrogens (primary N) is 1. The number of ether oxygens (including phenoxy) is 1. The predicted octanol–water partition coefficient (Wildman–Crippen LogP) is 3.10. The predicted molar refractivity (Wildman–Crippen MR) is 177 cm³/mol. The van der Waals surface area contributed by atoms with E-state index in [0.29, 0.717) is 25.3 Å². The second-order valence-electron chi connectivity index (χ2n) is 9.80. The van der Waals surface area contributed by atoms with Crippen molar-refractivity contribution in [2.45, 2.75) is 13.0 Å². The number of terminal acetylenes is 1. The molecule has 47 heavy (non-hydrogen) atoms. The fourth-order valence-electron chi connectivity index (χ4n) is 4.50. The quantitative estimate of drug-likeness (QED) is 0.125. The number of hydrogen-bond donors (Lipinski definition) is 3. The van der Waals surface area contributed by atoms with Crippen LogP contribution in [0, 0.1) is 25.7 Å². The Kier molecular flexibility index (Phi) is 14.0. The number of imidazole rings is 1. The van der Waals surface area contributed by atoms with Crippen molar-refractivity contribution in [2.75, 3.05) is 45.8 Å². The summed E-state index contributed by atoms with van der Waals surface area (Å²) in [6, 6.07) is 18.4. The Morgan fingerprint density at radius 2 is 1.89 bits per heavy atom. The number of benzene rings is 1. The molecule has 0 aliphatic carbocycles. The van der Waals surface area contributed by atoms with Crippen molar-refractivity contribution in [3.63, 3.8) is 0 Å². The molecule has 0 saturated carbocycles. The zero-order valence-electron chi connectivity index (χ0n) is 26.4. The van der Waals surface area contributed by atoms with E-state index in [4.69, 9.17) is 20.4 Å². The average molecular weight is 644 g/mol. The van der Waals surface area contributed by atoms with Gasteiger partial charge in [0.25, 0.3) is 5.91 Å². The second-order valence-corrected chi connectivity index (χ2v) is 9.80.